The van der Waals surface area contributed by atoms with Crippen molar-refractivity contribution >= 4 is 22.3 Å². The number of ketones is 2. The van der Waals surface area contributed by atoms with Crippen molar-refractivity contribution in [3.63, 3.8) is 0 Å². The number of carbonyl (C=O) groups excluding carboxylic acids is 2. The Morgan fingerprint density at radius 3 is 2.70 bits per heavy atom. The van der Waals surface area contributed by atoms with Crippen LogP contribution in [-0.4, -0.2) is 11.6 Å². The zero-order chi connectivity index (χ0) is 13.9. The van der Waals surface area contributed by atoms with Gasteiger partial charge >= 0.3 is 0 Å². The van der Waals surface area contributed by atoms with Crippen molar-refractivity contribution in [2.24, 2.45) is 5.92 Å². The number of benzene rings is 2. The summed E-state index contributed by atoms with van der Waals surface area (Å²) in [5, 5.41) is 2.07. The van der Waals surface area contributed by atoms with E-state index in [4.69, 9.17) is 0 Å². The van der Waals surface area contributed by atoms with Crippen LogP contribution in [0.5, 0.6) is 0 Å². The Hall–Kier alpha value is -1.96. The fourth-order valence-electron chi connectivity index (χ4n) is 3.07. The van der Waals surface area contributed by atoms with Crippen molar-refractivity contribution in [1.29, 1.82) is 0 Å². The van der Waals surface area contributed by atoms with E-state index in [0.717, 1.165) is 35.6 Å². The minimum Gasteiger partial charge on any atom is -0.299 e. The van der Waals surface area contributed by atoms with Gasteiger partial charge in [0.25, 0.3) is 0 Å². The van der Waals surface area contributed by atoms with E-state index in [-0.39, 0.29) is 17.5 Å². The summed E-state index contributed by atoms with van der Waals surface area (Å²) < 4.78 is 0. The first-order valence-corrected chi connectivity index (χ1v) is 7.29. The summed E-state index contributed by atoms with van der Waals surface area (Å²) in [5.74, 6) is 0.308. The lowest BCUT2D eigenvalue weighted by Crippen LogP contribution is -2.22. The van der Waals surface area contributed by atoms with E-state index in [2.05, 4.69) is 0 Å². The molecule has 2 heteroatoms. The molecule has 0 aliphatic heterocycles. The Morgan fingerprint density at radius 1 is 1.05 bits per heavy atom. The highest BCUT2D eigenvalue weighted by molar-refractivity contribution is 6.09. The molecule has 0 aromatic heterocycles. The molecule has 1 aliphatic carbocycles. The largest absolute Gasteiger partial charge is 0.299 e. The molecule has 102 valence electrons. The Kier molecular flexibility index (Phi) is 3.64. The van der Waals surface area contributed by atoms with Crippen molar-refractivity contribution in [3.05, 3.63) is 48.0 Å². The molecule has 2 nitrogen and oxygen atoms in total. The molecule has 0 N–H and O–H groups in total. The van der Waals surface area contributed by atoms with Crippen LogP contribution >= 0.6 is 0 Å². The second kappa shape index (κ2) is 5.58. The third-order valence-corrected chi connectivity index (χ3v) is 4.20. The molecule has 0 saturated heterocycles. The molecule has 0 bridgehead atoms. The van der Waals surface area contributed by atoms with E-state index < -0.39 is 0 Å². The molecule has 2 aromatic rings. The van der Waals surface area contributed by atoms with Gasteiger partial charge in [-0.25, -0.2) is 0 Å². The molecule has 1 atom stereocenters. The van der Waals surface area contributed by atoms with Gasteiger partial charge in [-0.1, -0.05) is 48.9 Å². The van der Waals surface area contributed by atoms with Crippen LogP contribution in [0.1, 0.15) is 42.5 Å². The first-order chi connectivity index (χ1) is 9.75. The standard InChI is InChI=1S/C18H18O2/c19-17-11-4-2-7-14(17)12-18(20)16-10-5-8-13-6-1-3-9-15(13)16/h1,3,5-6,8-10,14H,2,4,7,11-12H2. The summed E-state index contributed by atoms with van der Waals surface area (Å²) in [6, 6.07) is 13.7. The zero-order valence-corrected chi connectivity index (χ0v) is 11.5. The summed E-state index contributed by atoms with van der Waals surface area (Å²) >= 11 is 0. The average molecular weight is 266 g/mol. The normalized spacial score (nSPS) is 19.2. The predicted molar refractivity (Wildman–Crippen MR) is 79.9 cm³/mol. The molecule has 20 heavy (non-hydrogen) atoms. The summed E-state index contributed by atoms with van der Waals surface area (Å²) in [5.41, 5.74) is 0.751. The SMILES string of the molecule is O=C(CC1CCCCC1=O)c1cccc2ccccc12. The van der Waals surface area contributed by atoms with Crippen LogP contribution in [0.4, 0.5) is 0 Å². The maximum Gasteiger partial charge on any atom is 0.164 e. The fraction of sp³-hybridized carbons (Fsp3) is 0.333. The average Bonchev–Trinajstić information content (AvgIpc) is 2.49. The molecule has 3 rings (SSSR count). The van der Waals surface area contributed by atoms with E-state index in [1.165, 1.54) is 0 Å². The van der Waals surface area contributed by atoms with E-state index in [9.17, 15) is 9.59 Å². The number of carbonyl (C=O) groups is 2. The van der Waals surface area contributed by atoms with Gasteiger partial charge in [-0.05, 0) is 23.6 Å². The fourth-order valence-corrected chi connectivity index (χ4v) is 3.07. The van der Waals surface area contributed by atoms with Gasteiger partial charge in [-0.2, -0.15) is 0 Å². The second-order valence-corrected chi connectivity index (χ2v) is 5.56. The molecule has 0 radical (unpaired) electrons. The first-order valence-electron chi connectivity index (χ1n) is 7.29. The van der Waals surface area contributed by atoms with Gasteiger partial charge in [0.05, 0.1) is 0 Å². The lowest BCUT2D eigenvalue weighted by atomic mass is 9.83. The van der Waals surface area contributed by atoms with Crippen molar-refractivity contribution in [1.82, 2.24) is 0 Å². The highest BCUT2D eigenvalue weighted by Crippen LogP contribution is 2.27. The van der Waals surface area contributed by atoms with E-state index in [0.29, 0.717) is 12.8 Å². The van der Waals surface area contributed by atoms with Crippen LogP contribution in [0.2, 0.25) is 0 Å². The lowest BCUT2D eigenvalue weighted by Gasteiger charge is -2.19. The molecule has 1 saturated carbocycles. The highest BCUT2D eigenvalue weighted by atomic mass is 16.1. The van der Waals surface area contributed by atoms with Crippen LogP contribution in [0.15, 0.2) is 42.5 Å². The molecule has 0 heterocycles. The Bertz CT molecular complexity index is 652. The van der Waals surface area contributed by atoms with Gasteiger partial charge in [0.1, 0.15) is 5.78 Å². The summed E-state index contributed by atoms with van der Waals surface area (Å²) in [4.78, 5) is 24.4. The summed E-state index contributed by atoms with van der Waals surface area (Å²) in [7, 11) is 0. The van der Waals surface area contributed by atoms with Crippen LogP contribution < -0.4 is 0 Å². The topological polar surface area (TPSA) is 34.1 Å². The van der Waals surface area contributed by atoms with E-state index in [1.807, 2.05) is 42.5 Å². The number of rotatable bonds is 3. The van der Waals surface area contributed by atoms with Gasteiger partial charge in [0.2, 0.25) is 0 Å². The molecule has 1 unspecified atom stereocenters. The van der Waals surface area contributed by atoms with Crippen molar-refractivity contribution in [2.75, 3.05) is 0 Å². The molecular formula is C18H18O2. The molecule has 2 aromatic carbocycles. The minimum atomic E-state index is -0.0600. The Labute approximate surface area is 118 Å². The molecule has 1 fully saturated rings. The Morgan fingerprint density at radius 2 is 1.85 bits per heavy atom. The van der Waals surface area contributed by atoms with Crippen molar-refractivity contribution < 1.29 is 9.59 Å². The molecule has 0 spiro atoms. The maximum absolute atomic E-state index is 12.5. The van der Waals surface area contributed by atoms with Crippen LogP contribution in [-0.2, 0) is 4.79 Å². The monoisotopic (exact) mass is 266 g/mol. The van der Waals surface area contributed by atoms with E-state index >= 15 is 0 Å². The zero-order valence-electron chi connectivity index (χ0n) is 11.5. The van der Waals surface area contributed by atoms with Gasteiger partial charge in [0, 0.05) is 24.3 Å². The second-order valence-electron chi connectivity index (χ2n) is 5.56. The van der Waals surface area contributed by atoms with Gasteiger partial charge in [0.15, 0.2) is 5.78 Å². The molecule has 0 amide bonds. The molecular weight excluding hydrogens is 248 g/mol. The number of Topliss-reactive ketones (excluding diaryl/α,β-unsaturated/α-hetero) is 2. The molecule has 1 aliphatic rings. The number of hydrogen-bond donors (Lipinski definition) is 0. The summed E-state index contributed by atoms with van der Waals surface area (Å²) in [6.07, 6.45) is 3.94. The van der Waals surface area contributed by atoms with Crippen LogP contribution in [0.25, 0.3) is 10.8 Å². The first kappa shape index (κ1) is 13.0. The Balaban J connectivity index is 1.87. The van der Waals surface area contributed by atoms with Crippen molar-refractivity contribution in [3.8, 4) is 0 Å². The smallest absolute Gasteiger partial charge is 0.164 e. The lowest BCUT2D eigenvalue weighted by molar-refractivity contribution is -0.124. The minimum absolute atomic E-state index is 0.0600. The highest BCUT2D eigenvalue weighted by Gasteiger charge is 2.25. The van der Waals surface area contributed by atoms with Crippen molar-refractivity contribution in [2.45, 2.75) is 32.1 Å². The van der Waals surface area contributed by atoms with Gasteiger partial charge in [-0.3, -0.25) is 9.59 Å². The van der Waals surface area contributed by atoms with Crippen LogP contribution in [0, 0.1) is 5.92 Å². The van der Waals surface area contributed by atoms with E-state index in [1.54, 1.807) is 0 Å². The quantitative estimate of drug-likeness (QED) is 0.781. The summed E-state index contributed by atoms with van der Waals surface area (Å²) in [6.45, 7) is 0. The third kappa shape index (κ3) is 2.51. The van der Waals surface area contributed by atoms with Crippen LogP contribution in [0.3, 0.4) is 0 Å². The number of hydrogen-bond acceptors (Lipinski definition) is 2. The number of fused-ring (bicyclic) bond motifs is 1. The van der Waals surface area contributed by atoms with Gasteiger partial charge in [-0.15, -0.1) is 0 Å². The van der Waals surface area contributed by atoms with Gasteiger partial charge < -0.3 is 0 Å². The predicted octanol–water partition coefficient (Wildman–Crippen LogP) is 4.17. The maximum atomic E-state index is 12.5. The third-order valence-electron chi connectivity index (χ3n) is 4.20.